The second-order valence-electron chi connectivity index (χ2n) is 8.44. The van der Waals surface area contributed by atoms with Gasteiger partial charge < -0.3 is 20.4 Å². The van der Waals surface area contributed by atoms with Gasteiger partial charge >= 0.3 is 11.7 Å². The van der Waals surface area contributed by atoms with Crippen LogP contribution in [0.4, 0.5) is 5.82 Å². The van der Waals surface area contributed by atoms with Gasteiger partial charge in [0, 0.05) is 13.1 Å². The average molecular weight is 405 g/mol. The normalized spacial score (nSPS) is 18.9. The Hall–Kier alpha value is -2.09. The number of nitrogens with zero attached hydrogens (tertiary/aromatic N) is 4. The molecule has 0 amide bonds. The first-order valence-electron chi connectivity index (χ1n) is 11.1. The Labute approximate surface area is 172 Å². The molecule has 162 valence electrons. The maximum absolute atomic E-state index is 12.6. The standard InChI is InChI=1S/C21H36N6O2/c1-4-6-12-29-20-24-18(22)17-19(25-20)27(21(28)23-17)14-16-8-7-10-26(13-16)11-9-15(3)5-2/h15-16H,4-14H2,1-3H3,(H,23,28)(H2,22,24,25). The Balaban J connectivity index is 1.73. The fourth-order valence-corrected chi connectivity index (χ4v) is 3.94. The number of nitrogens with two attached hydrogens (primary N) is 1. The summed E-state index contributed by atoms with van der Waals surface area (Å²) in [5.41, 5.74) is 6.93. The van der Waals surface area contributed by atoms with Crippen LogP contribution in [0, 0.1) is 11.8 Å². The van der Waals surface area contributed by atoms with Crippen molar-refractivity contribution in [2.75, 3.05) is 32.0 Å². The van der Waals surface area contributed by atoms with E-state index in [4.69, 9.17) is 10.5 Å². The fourth-order valence-electron chi connectivity index (χ4n) is 3.94. The molecule has 1 aliphatic heterocycles. The number of aromatic amines is 1. The molecule has 0 aliphatic carbocycles. The van der Waals surface area contributed by atoms with Crippen molar-refractivity contribution in [3.63, 3.8) is 0 Å². The third kappa shape index (κ3) is 5.50. The molecular formula is C21H36N6O2. The number of nitrogens with one attached hydrogen (secondary N) is 1. The molecule has 29 heavy (non-hydrogen) atoms. The minimum Gasteiger partial charge on any atom is -0.463 e. The summed E-state index contributed by atoms with van der Waals surface area (Å²) in [5, 5.41) is 0. The second-order valence-corrected chi connectivity index (χ2v) is 8.44. The molecule has 0 bridgehead atoms. The molecule has 2 aromatic rings. The van der Waals surface area contributed by atoms with Gasteiger partial charge in [-0.25, -0.2) is 4.79 Å². The van der Waals surface area contributed by atoms with E-state index in [0.29, 0.717) is 30.2 Å². The van der Waals surface area contributed by atoms with Crippen LogP contribution in [0.25, 0.3) is 11.2 Å². The van der Waals surface area contributed by atoms with Crippen LogP contribution in [0.5, 0.6) is 6.01 Å². The maximum atomic E-state index is 12.6. The number of anilines is 1. The van der Waals surface area contributed by atoms with Gasteiger partial charge in [-0.3, -0.25) is 4.57 Å². The smallest absolute Gasteiger partial charge is 0.327 e. The van der Waals surface area contributed by atoms with E-state index in [1.807, 2.05) is 0 Å². The number of unbranched alkanes of at least 4 members (excludes halogenated alkanes) is 1. The van der Waals surface area contributed by atoms with Gasteiger partial charge in [0.2, 0.25) is 0 Å². The number of aromatic nitrogens is 4. The molecular weight excluding hydrogens is 368 g/mol. The van der Waals surface area contributed by atoms with Crippen LogP contribution in [0.1, 0.15) is 59.3 Å². The lowest BCUT2D eigenvalue weighted by atomic mass is 9.96. The van der Waals surface area contributed by atoms with Crippen molar-refractivity contribution >= 4 is 17.0 Å². The molecule has 0 aromatic carbocycles. The summed E-state index contributed by atoms with van der Waals surface area (Å²) in [6.07, 6.45) is 6.71. The monoisotopic (exact) mass is 404 g/mol. The molecule has 3 rings (SSSR count). The average Bonchev–Trinajstić information content (AvgIpc) is 3.03. The van der Waals surface area contributed by atoms with Gasteiger partial charge in [-0.15, -0.1) is 0 Å². The SMILES string of the molecule is CCCCOc1nc(N)c2[nH]c(=O)n(CC3CCCN(CCC(C)CC)C3)c2n1. The summed E-state index contributed by atoms with van der Waals surface area (Å²) < 4.78 is 7.34. The zero-order chi connectivity index (χ0) is 20.8. The van der Waals surface area contributed by atoms with Gasteiger partial charge in [-0.1, -0.05) is 33.6 Å². The lowest BCUT2D eigenvalue weighted by Gasteiger charge is -2.33. The first kappa shape index (κ1) is 21.6. The Morgan fingerprint density at radius 1 is 1.34 bits per heavy atom. The van der Waals surface area contributed by atoms with Crippen molar-refractivity contribution in [3.05, 3.63) is 10.5 Å². The lowest BCUT2D eigenvalue weighted by molar-refractivity contribution is 0.154. The largest absolute Gasteiger partial charge is 0.463 e. The van der Waals surface area contributed by atoms with E-state index in [2.05, 4.69) is 40.6 Å². The number of ether oxygens (including phenoxy) is 1. The summed E-state index contributed by atoms with van der Waals surface area (Å²) >= 11 is 0. The molecule has 3 N–H and O–H groups in total. The molecule has 8 heteroatoms. The third-order valence-corrected chi connectivity index (χ3v) is 6.04. The van der Waals surface area contributed by atoms with Crippen molar-refractivity contribution in [1.82, 2.24) is 24.4 Å². The van der Waals surface area contributed by atoms with E-state index >= 15 is 0 Å². The predicted molar refractivity (Wildman–Crippen MR) is 116 cm³/mol. The highest BCUT2D eigenvalue weighted by Gasteiger charge is 2.23. The van der Waals surface area contributed by atoms with Gasteiger partial charge in [-0.2, -0.15) is 9.97 Å². The van der Waals surface area contributed by atoms with E-state index in [-0.39, 0.29) is 17.5 Å². The van der Waals surface area contributed by atoms with Crippen LogP contribution >= 0.6 is 0 Å². The number of piperidine rings is 1. The van der Waals surface area contributed by atoms with Crippen molar-refractivity contribution in [2.24, 2.45) is 11.8 Å². The Morgan fingerprint density at radius 2 is 2.17 bits per heavy atom. The second kappa shape index (κ2) is 10.1. The van der Waals surface area contributed by atoms with Crippen molar-refractivity contribution in [2.45, 2.75) is 65.8 Å². The number of imidazole rings is 1. The van der Waals surface area contributed by atoms with Crippen molar-refractivity contribution in [1.29, 1.82) is 0 Å². The maximum Gasteiger partial charge on any atom is 0.327 e. The van der Waals surface area contributed by atoms with Crippen LogP contribution in [0.15, 0.2) is 4.79 Å². The molecule has 2 aromatic heterocycles. The quantitative estimate of drug-likeness (QED) is 0.590. The number of rotatable bonds is 10. The van der Waals surface area contributed by atoms with Gasteiger partial charge in [0.15, 0.2) is 11.5 Å². The zero-order valence-electron chi connectivity index (χ0n) is 18.1. The van der Waals surface area contributed by atoms with Crippen LogP contribution < -0.4 is 16.2 Å². The van der Waals surface area contributed by atoms with Gasteiger partial charge in [0.25, 0.3) is 0 Å². The van der Waals surface area contributed by atoms with E-state index in [1.54, 1.807) is 4.57 Å². The highest BCUT2D eigenvalue weighted by molar-refractivity contribution is 5.81. The van der Waals surface area contributed by atoms with Crippen LogP contribution in [0.2, 0.25) is 0 Å². The minimum absolute atomic E-state index is 0.177. The first-order valence-corrected chi connectivity index (χ1v) is 11.1. The van der Waals surface area contributed by atoms with Crippen LogP contribution in [0.3, 0.4) is 0 Å². The summed E-state index contributed by atoms with van der Waals surface area (Å²) in [6.45, 7) is 11.2. The Bertz CT molecular complexity index is 846. The summed E-state index contributed by atoms with van der Waals surface area (Å²) in [6, 6.07) is 0.245. The van der Waals surface area contributed by atoms with Crippen LogP contribution in [-0.4, -0.2) is 50.7 Å². The number of nitrogen functional groups attached to an aromatic ring is 1. The molecule has 8 nitrogen and oxygen atoms in total. The van der Waals surface area contributed by atoms with Crippen molar-refractivity contribution < 1.29 is 4.74 Å². The molecule has 2 atom stereocenters. The molecule has 1 fully saturated rings. The molecule has 1 aliphatic rings. The highest BCUT2D eigenvalue weighted by Crippen LogP contribution is 2.23. The first-order chi connectivity index (χ1) is 14.0. The van der Waals surface area contributed by atoms with E-state index in [1.165, 1.54) is 19.3 Å². The molecule has 1 saturated heterocycles. The number of hydrogen-bond acceptors (Lipinski definition) is 6. The highest BCUT2D eigenvalue weighted by atomic mass is 16.5. The Morgan fingerprint density at radius 3 is 2.93 bits per heavy atom. The molecule has 3 heterocycles. The molecule has 0 saturated carbocycles. The lowest BCUT2D eigenvalue weighted by Crippen LogP contribution is -2.39. The van der Waals surface area contributed by atoms with E-state index in [9.17, 15) is 4.79 Å². The summed E-state index contributed by atoms with van der Waals surface area (Å²) in [5.74, 6) is 1.45. The molecule has 2 unspecified atom stereocenters. The topological polar surface area (TPSA) is 102 Å². The number of H-pyrrole nitrogens is 1. The van der Waals surface area contributed by atoms with Crippen molar-refractivity contribution in [3.8, 4) is 6.01 Å². The van der Waals surface area contributed by atoms with Gasteiger partial charge in [0.05, 0.1) is 6.61 Å². The number of likely N-dealkylation sites (tertiary alicyclic amines) is 1. The molecule has 0 spiro atoms. The fraction of sp³-hybridized carbons (Fsp3) is 0.762. The van der Waals surface area contributed by atoms with E-state index < -0.39 is 0 Å². The number of hydrogen-bond donors (Lipinski definition) is 2. The summed E-state index contributed by atoms with van der Waals surface area (Å²) in [7, 11) is 0. The zero-order valence-corrected chi connectivity index (χ0v) is 18.1. The Kier molecular flexibility index (Phi) is 7.52. The van der Waals surface area contributed by atoms with Gasteiger partial charge in [0.1, 0.15) is 5.52 Å². The minimum atomic E-state index is -0.177. The summed E-state index contributed by atoms with van der Waals surface area (Å²) in [4.78, 5) is 26.6. The molecule has 0 radical (unpaired) electrons. The predicted octanol–water partition coefficient (Wildman–Crippen LogP) is 3.03. The third-order valence-electron chi connectivity index (χ3n) is 6.04. The van der Waals surface area contributed by atoms with Crippen LogP contribution in [-0.2, 0) is 6.54 Å². The van der Waals surface area contributed by atoms with Gasteiger partial charge in [-0.05, 0) is 50.6 Å². The number of fused-ring (bicyclic) bond motifs is 1. The van der Waals surface area contributed by atoms with E-state index in [0.717, 1.165) is 44.8 Å².